The van der Waals surface area contributed by atoms with Crippen molar-refractivity contribution in [3.8, 4) is 11.8 Å². The van der Waals surface area contributed by atoms with Gasteiger partial charge in [0.1, 0.15) is 6.10 Å². The van der Waals surface area contributed by atoms with Crippen molar-refractivity contribution in [2.45, 2.75) is 32.8 Å². The smallest absolute Gasteiger partial charge is 0.233 e. The summed E-state index contributed by atoms with van der Waals surface area (Å²) in [7, 11) is 1.54. The van der Waals surface area contributed by atoms with E-state index in [9.17, 15) is 4.79 Å². The standard InChI is InChI=1S/C14H21N3O3/c1-10(2)14(18)17-8-4-5-11(9-17)20-13-7-6-12(19-3)15-16-13/h6-7,10-11H,4-5,8-9H2,1-3H3. The van der Waals surface area contributed by atoms with Gasteiger partial charge in [-0.1, -0.05) is 13.8 Å². The van der Waals surface area contributed by atoms with Gasteiger partial charge >= 0.3 is 0 Å². The molecule has 2 rings (SSSR count). The SMILES string of the molecule is COc1ccc(OC2CCCN(C(=O)C(C)C)C2)nn1. The van der Waals surface area contributed by atoms with E-state index in [-0.39, 0.29) is 17.9 Å². The Hall–Kier alpha value is -1.85. The van der Waals surface area contributed by atoms with Crippen LogP contribution in [0.4, 0.5) is 0 Å². The molecule has 2 heterocycles. The predicted octanol–water partition coefficient (Wildman–Crippen LogP) is 1.51. The van der Waals surface area contributed by atoms with Gasteiger partial charge in [0, 0.05) is 24.6 Å². The molecule has 1 unspecified atom stereocenters. The van der Waals surface area contributed by atoms with Crippen LogP contribution in [0.5, 0.6) is 11.8 Å². The lowest BCUT2D eigenvalue weighted by Gasteiger charge is -2.33. The van der Waals surface area contributed by atoms with E-state index in [0.717, 1.165) is 19.4 Å². The first-order valence-corrected chi connectivity index (χ1v) is 6.93. The summed E-state index contributed by atoms with van der Waals surface area (Å²) in [6.07, 6.45) is 1.86. The first-order valence-electron chi connectivity index (χ1n) is 6.93. The van der Waals surface area contributed by atoms with E-state index in [2.05, 4.69) is 10.2 Å². The number of carbonyl (C=O) groups is 1. The monoisotopic (exact) mass is 279 g/mol. The van der Waals surface area contributed by atoms with Gasteiger partial charge < -0.3 is 14.4 Å². The van der Waals surface area contributed by atoms with Gasteiger partial charge in [0.25, 0.3) is 0 Å². The number of rotatable bonds is 4. The van der Waals surface area contributed by atoms with Gasteiger partial charge in [-0.3, -0.25) is 4.79 Å². The van der Waals surface area contributed by atoms with Crippen LogP contribution in [0.2, 0.25) is 0 Å². The zero-order chi connectivity index (χ0) is 14.5. The molecule has 1 aliphatic heterocycles. The molecule has 6 nitrogen and oxygen atoms in total. The number of methoxy groups -OCH3 is 1. The Labute approximate surface area is 119 Å². The molecule has 1 aromatic heterocycles. The molecular weight excluding hydrogens is 258 g/mol. The van der Waals surface area contributed by atoms with Crippen LogP contribution in [0.1, 0.15) is 26.7 Å². The highest BCUT2D eigenvalue weighted by atomic mass is 16.5. The summed E-state index contributed by atoms with van der Waals surface area (Å²) in [5.74, 6) is 1.13. The molecule has 1 saturated heterocycles. The number of amides is 1. The number of ether oxygens (including phenoxy) is 2. The number of aromatic nitrogens is 2. The van der Waals surface area contributed by atoms with E-state index in [1.54, 1.807) is 19.2 Å². The van der Waals surface area contributed by atoms with E-state index in [1.807, 2.05) is 18.7 Å². The maximum absolute atomic E-state index is 12.0. The van der Waals surface area contributed by atoms with Crippen LogP contribution in [0.25, 0.3) is 0 Å². The fraction of sp³-hybridized carbons (Fsp3) is 0.643. The molecule has 0 aliphatic carbocycles. The highest BCUT2D eigenvalue weighted by Gasteiger charge is 2.26. The molecule has 0 radical (unpaired) electrons. The Morgan fingerprint density at radius 3 is 2.65 bits per heavy atom. The van der Waals surface area contributed by atoms with E-state index in [1.165, 1.54) is 0 Å². The molecule has 20 heavy (non-hydrogen) atoms. The van der Waals surface area contributed by atoms with Crippen molar-refractivity contribution in [3.63, 3.8) is 0 Å². The quantitative estimate of drug-likeness (QED) is 0.836. The van der Waals surface area contributed by atoms with Crippen molar-refractivity contribution in [1.29, 1.82) is 0 Å². The van der Waals surface area contributed by atoms with Crippen LogP contribution >= 0.6 is 0 Å². The predicted molar refractivity (Wildman–Crippen MR) is 73.7 cm³/mol. The zero-order valence-corrected chi connectivity index (χ0v) is 12.2. The maximum atomic E-state index is 12.0. The van der Waals surface area contributed by atoms with Gasteiger partial charge in [0.2, 0.25) is 17.7 Å². The molecule has 110 valence electrons. The van der Waals surface area contributed by atoms with Crippen molar-refractivity contribution >= 4 is 5.91 Å². The number of piperidine rings is 1. The Bertz CT molecular complexity index is 447. The average molecular weight is 279 g/mol. The van der Waals surface area contributed by atoms with Gasteiger partial charge in [-0.2, -0.15) is 0 Å². The molecule has 1 atom stereocenters. The third-order valence-electron chi connectivity index (χ3n) is 3.30. The largest absolute Gasteiger partial charge is 0.480 e. The average Bonchev–Trinajstić information content (AvgIpc) is 2.47. The van der Waals surface area contributed by atoms with Crippen LogP contribution < -0.4 is 9.47 Å². The lowest BCUT2D eigenvalue weighted by Crippen LogP contribution is -2.45. The van der Waals surface area contributed by atoms with Gasteiger partial charge in [0.15, 0.2) is 0 Å². The summed E-state index contributed by atoms with van der Waals surface area (Å²) in [4.78, 5) is 13.9. The molecular formula is C14H21N3O3. The normalized spacial score (nSPS) is 19.0. The van der Waals surface area contributed by atoms with E-state index >= 15 is 0 Å². The molecule has 0 N–H and O–H groups in total. The topological polar surface area (TPSA) is 64.6 Å². The Kier molecular flexibility index (Phi) is 4.76. The summed E-state index contributed by atoms with van der Waals surface area (Å²) in [5.41, 5.74) is 0. The lowest BCUT2D eigenvalue weighted by atomic mass is 10.1. The van der Waals surface area contributed by atoms with Crippen LogP contribution in [0.15, 0.2) is 12.1 Å². The minimum Gasteiger partial charge on any atom is -0.480 e. The molecule has 0 aromatic carbocycles. The van der Waals surface area contributed by atoms with Crippen molar-refractivity contribution in [2.24, 2.45) is 5.92 Å². The van der Waals surface area contributed by atoms with E-state index in [0.29, 0.717) is 18.3 Å². The van der Waals surface area contributed by atoms with Crippen molar-refractivity contribution in [3.05, 3.63) is 12.1 Å². The second kappa shape index (κ2) is 6.54. The molecule has 0 spiro atoms. The van der Waals surface area contributed by atoms with Crippen LogP contribution in [-0.2, 0) is 4.79 Å². The van der Waals surface area contributed by atoms with Crippen LogP contribution in [0.3, 0.4) is 0 Å². The van der Waals surface area contributed by atoms with Crippen LogP contribution in [-0.4, -0.2) is 47.3 Å². The molecule has 1 amide bonds. The second-order valence-corrected chi connectivity index (χ2v) is 5.23. The molecule has 1 aliphatic rings. The number of hydrogen-bond acceptors (Lipinski definition) is 5. The minimum absolute atomic E-state index is 0.0193. The number of carbonyl (C=O) groups excluding carboxylic acids is 1. The maximum Gasteiger partial charge on any atom is 0.233 e. The van der Waals surface area contributed by atoms with Gasteiger partial charge in [-0.25, -0.2) is 0 Å². The van der Waals surface area contributed by atoms with Crippen molar-refractivity contribution in [1.82, 2.24) is 15.1 Å². The highest BCUT2D eigenvalue weighted by Crippen LogP contribution is 2.18. The lowest BCUT2D eigenvalue weighted by molar-refractivity contribution is -0.137. The molecule has 6 heteroatoms. The molecule has 1 fully saturated rings. The second-order valence-electron chi connectivity index (χ2n) is 5.23. The summed E-state index contributed by atoms with van der Waals surface area (Å²) in [6, 6.07) is 3.44. The van der Waals surface area contributed by atoms with Gasteiger partial charge in [0.05, 0.1) is 13.7 Å². The first kappa shape index (κ1) is 14.6. The number of likely N-dealkylation sites (tertiary alicyclic amines) is 1. The van der Waals surface area contributed by atoms with Gasteiger partial charge in [-0.15, -0.1) is 10.2 Å². The Balaban J connectivity index is 1.93. The molecule has 0 saturated carbocycles. The fourth-order valence-corrected chi connectivity index (χ4v) is 2.25. The molecule has 1 aromatic rings. The van der Waals surface area contributed by atoms with Crippen molar-refractivity contribution in [2.75, 3.05) is 20.2 Å². The summed E-state index contributed by atoms with van der Waals surface area (Å²) in [5, 5.41) is 7.82. The van der Waals surface area contributed by atoms with Crippen molar-refractivity contribution < 1.29 is 14.3 Å². The summed E-state index contributed by atoms with van der Waals surface area (Å²) >= 11 is 0. The van der Waals surface area contributed by atoms with Gasteiger partial charge in [-0.05, 0) is 12.8 Å². The minimum atomic E-state index is -0.0193. The third-order valence-corrected chi connectivity index (χ3v) is 3.30. The zero-order valence-electron chi connectivity index (χ0n) is 12.2. The first-order chi connectivity index (χ1) is 9.60. The summed E-state index contributed by atoms with van der Waals surface area (Å²) in [6.45, 7) is 5.26. The van der Waals surface area contributed by atoms with Crippen LogP contribution in [0, 0.1) is 5.92 Å². The van der Waals surface area contributed by atoms with E-state index < -0.39 is 0 Å². The highest BCUT2D eigenvalue weighted by molar-refractivity contribution is 5.78. The summed E-state index contributed by atoms with van der Waals surface area (Å²) < 4.78 is 10.7. The third kappa shape index (κ3) is 3.59. The fourth-order valence-electron chi connectivity index (χ4n) is 2.25. The van der Waals surface area contributed by atoms with E-state index in [4.69, 9.17) is 9.47 Å². The number of hydrogen-bond donors (Lipinski definition) is 0. The Morgan fingerprint density at radius 1 is 1.35 bits per heavy atom. The Morgan fingerprint density at radius 2 is 2.05 bits per heavy atom. The number of nitrogens with zero attached hydrogens (tertiary/aromatic N) is 3. The molecule has 0 bridgehead atoms.